The number of halogens is 2. The van der Waals surface area contributed by atoms with Crippen molar-refractivity contribution in [1.29, 1.82) is 0 Å². The molecular formula is C10H19F2NO. The lowest BCUT2D eigenvalue weighted by molar-refractivity contribution is -0.119. The molecule has 0 aromatic heterocycles. The van der Waals surface area contributed by atoms with Crippen molar-refractivity contribution in [2.24, 2.45) is 0 Å². The van der Waals surface area contributed by atoms with E-state index in [2.05, 4.69) is 5.32 Å². The summed E-state index contributed by atoms with van der Waals surface area (Å²) < 4.78 is 31.4. The molecule has 1 fully saturated rings. The molecule has 1 saturated carbocycles. The molecule has 0 unspecified atom stereocenters. The van der Waals surface area contributed by atoms with Crippen molar-refractivity contribution in [2.45, 2.75) is 51.2 Å². The third kappa shape index (κ3) is 5.50. The molecule has 0 atom stereocenters. The second-order valence-electron chi connectivity index (χ2n) is 4.91. The molecule has 0 aromatic carbocycles. The van der Waals surface area contributed by atoms with Crippen LogP contribution in [0, 0.1) is 0 Å². The van der Waals surface area contributed by atoms with E-state index in [0.29, 0.717) is 6.04 Å². The normalized spacial score (nSPS) is 18.6. The Bertz CT molecular complexity index is 185. The summed E-state index contributed by atoms with van der Waals surface area (Å²) in [6.45, 7) is 4.55. The molecule has 0 spiro atoms. The molecule has 0 radical (unpaired) electrons. The maximum atomic E-state index is 13.2. The van der Waals surface area contributed by atoms with Crippen LogP contribution in [-0.2, 0) is 4.74 Å². The molecule has 1 N–H and O–H groups in total. The number of alkyl halides is 2. The summed E-state index contributed by atoms with van der Waals surface area (Å²) in [6.07, 6.45) is 2.05. The summed E-state index contributed by atoms with van der Waals surface area (Å²) in [5.74, 6) is -2.75. The highest BCUT2D eigenvalue weighted by Gasteiger charge is 2.33. The highest BCUT2D eigenvalue weighted by Crippen LogP contribution is 2.22. The lowest BCUT2D eigenvalue weighted by atomic mass is 10.2. The van der Waals surface area contributed by atoms with Gasteiger partial charge in [-0.1, -0.05) is 0 Å². The summed E-state index contributed by atoms with van der Waals surface area (Å²) >= 11 is 0. The predicted octanol–water partition coefficient (Wildman–Crippen LogP) is 2.19. The largest absolute Gasteiger partial charge is 0.370 e. The molecule has 0 heterocycles. The first-order chi connectivity index (χ1) is 6.29. The van der Waals surface area contributed by atoms with Crippen molar-refractivity contribution in [3.8, 4) is 0 Å². The zero-order chi connectivity index (χ0) is 10.8. The van der Waals surface area contributed by atoms with Gasteiger partial charge in [0.25, 0.3) is 5.92 Å². The maximum Gasteiger partial charge on any atom is 0.283 e. The van der Waals surface area contributed by atoms with Crippen molar-refractivity contribution in [3.63, 3.8) is 0 Å². The van der Waals surface area contributed by atoms with Crippen LogP contribution in [0.25, 0.3) is 0 Å². The van der Waals surface area contributed by atoms with E-state index < -0.39 is 18.1 Å². The molecule has 4 heteroatoms. The summed E-state index contributed by atoms with van der Waals surface area (Å²) in [7, 11) is 0. The second kappa shape index (κ2) is 4.11. The topological polar surface area (TPSA) is 21.3 Å². The van der Waals surface area contributed by atoms with E-state index in [1.54, 1.807) is 20.8 Å². The molecule has 0 bridgehead atoms. The van der Waals surface area contributed by atoms with E-state index in [1.165, 1.54) is 0 Å². The van der Waals surface area contributed by atoms with Gasteiger partial charge in [0.2, 0.25) is 0 Å². The van der Waals surface area contributed by atoms with Crippen molar-refractivity contribution in [3.05, 3.63) is 0 Å². The average Bonchev–Trinajstić information content (AvgIpc) is 2.79. The van der Waals surface area contributed by atoms with Crippen molar-refractivity contribution in [2.75, 3.05) is 13.2 Å². The summed E-state index contributed by atoms with van der Waals surface area (Å²) in [5.41, 5.74) is -0.497. The van der Waals surface area contributed by atoms with Gasteiger partial charge in [0, 0.05) is 6.04 Å². The van der Waals surface area contributed by atoms with E-state index in [9.17, 15) is 8.78 Å². The van der Waals surface area contributed by atoms with Crippen molar-refractivity contribution < 1.29 is 13.5 Å². The third-order valence-corrected chi connectivity index (χ3v) is 1.94. The number of hydrogen-bond acceptors (Lipinski definition) is 2. The molecule has 0 aromatic rings. The van der Waals surface area contributed by atoms with Crippen LogP contribution in [0.1, 0.15) is 33.6 Å². The molecule has 2 nitrogen and oxygen atoms in total. The standard InChI is InChI=1S/C10H19F2NO/c1-9(2,3)14-7-10(11,12)6-13-8-4-5-8/h8,13H,4-7H2,1-3H3. The quantitative estimate of drug-likeness (QED) is 0.746. The minimum absolute atomic E-state index is 0.270. The number of nitrogens with one attached hydrogen (secondary N) is 1. The number of ether oxygens (including phenoxy) is 1. The fourth-order valence-electron chi connectivity index (χ4n) is 0.954. The number of hydrogen-bond donors (Lipinski definition) is 1. The number of rotatable bonds is 5. The van der Waals surface area contributed by atoms with E-state index in [-0.39, 0.29) is 6.54 Å². The molecule has 0 aliphatic heterocycles. The van der Waals surface area contributed by atoms with Crippen LogP contribution in [-0.4, -0.2) is 30.7 Å². The molecule has 1 rings (SSSR count). The van der Waals surface area contributed by atoms with E-state index in [1.807, 2.05) is 0 Å². The Kier molecular flexibility index (Phi) is 3.48. The first kappa shape index (κ1) is 11.9. The maximum absolute atomic E-state index is 13.2. The fourth-order valence-corrected chi connectivity index (χ4v) is 0.954. The van der Waals surface area contributed by atoms with E-state index in [0.717, 1.165) is 12.8 Å². The zero-order valence-corrected chi connectivity index (χ0v) is 9.07. The highest BCUT2D eigenvalue weighted by atomic mass is 19.3. The van der Waals surface area contributed by atoms with E-state index in [4.69, 9.17) is 4.74 Å². The molecule has 0 saturated heterocycles. The Balaban J connectivity index is 2.18. The summed E-state index contributed by atoms with van der Waals surface area (Å²) in [6, 6.07) is 0.315. The lowest BCUT2D eigenvalue weighted by Gasteiger charge is -2.24. The van der Waals surface area contributed by atoms with Gasteiger partial charge in [-0.3, -0.25) is 0 Å². The van der Waals surface area contributed by atoms with Crippen LogP contribution in [0.3, 0.4) is 0 Å². The molecule has 84 valence electrons. The zero-order valence-electron chi connectivity index (χ0n) is 9.07. The Hall–Kier alpha value is -0.220. The molecule has 0 amide bonds. The minimum atomic E-state index is -2.75. The van der Waals surface area contributed by atoms with Gasteiger partial charge in [-0.25, -0.2) is 8.78 Å². The summed E-state index contributed by atoms with van der Waals surface area (Å²) in [5, 5.41) is 2.80. The Morgan fingerprint density at radius 2 is 1.86 bits per heavy atom. The van der Waals surface area contributed by atoms with Gasteiger partial charge >= 0.3 is 0 Å². The third-order valence-electron chi connectivity index (χ3n) is 1.94. The van der Waals surface area contributed by atoms with Gasteiger partial charge < -0.3 is 10.1 Å². The molecular weight excluding hydrogens is 188 g/mol. The average molecular weight is 207 g/mol. The Labute approximate surface area is 84.0 Å². The fraction of sp³-hybridized carbons (Fsp3) is 1.00. The lowest BCUT2D eigenvalue weighted by Crippen LogP contribution is -2.40. The Morgan fingerprint density at radius 3 is 2.29 bits per heavy atom. The first-order valence-corrected chi connectivity index (χ1v) is 5.04. The van der Waals surface area contributed by atoms with Gasteiger partial charge in [0.1, 0.15) is 6.61 Å². The van der Waals surface area contributed by atoms with Crippen LogP contribution >= 0.6 is 0 Å². The second-order valence-corrected chi connectivity index (χ2v) is 4.91. The van der Waals surface area contributed by atoms with Gasteiger partial charge in [-0.15, -0.1) is 0 Å². The van der Waals surface area contributed by atoms with Gasteiger partial charge in [0.15, 0.2) is 0 Å². The SMILES string of the molecule is CC(C)(C)OCC(F)(F)CNC1CC1. The van der Waals surface area contributed by atoms with Gasteiger partial charge in [-0.2, -0.15) is 0 Å². The predicted molar refractivity (Wildman–Crippen MR) is 51.7 cm³/mol. The highest BCUT2D eigenvalue weighted by molar-refractivity contribution is 4.83. The van der Waals surface area contributed by atoms with Crippen molar-refractivity contribution in [1.82, 2.24) is 5.32 Å². The van der Waals surface area contributed by atoms with Crippen LogP contribution in [0.5, 0.6) is 0 Å². The molecule has 14 heavy (non-hydrogen) atoms. The van der Waals surface area contributed by atoms with Gasteiger partial charge in [0.05, 0.1) is 12.1 Å². The Morgan fingerprint density at radius 1 is 1.29 bits per heavy atom. The first-order valence-electron chi connectivity index (χ1n) is 5.04. The summed E-state index contributed by atoms with van der Waals surface area (Å²) in [4.78, 5) is 0. The van der Waals surface area contributed by atoms with Gasteiger partial charge in [-0.05, 0) is 33.6 Å². The minimum Gasteiger partial charge on any atom is -0.370 e. The smallest absolute Gasteiger partial charge is 0.283 e. The van der Waals surface area contributed by atoms with Crippen LogP contribution in [0.2, 0.25) is 0 Å². The molecule has 1 aliphatic carbocycles. The van der Waals surface area contributed by atoms with Crippen LogP contribution < -0.4 is 5.32 Å². The molecule has 1 aliphatic rings. The van der Waals surface area contributed by atoms with E-state index >= 15 is 0 Å². The monoisotopic (exact) mass is 207 g/mol. The van der Waals surface area contributed by atoms with Crippen LogP contribution in [0.4, 0.5) is 8.78 Å². The van der Waals surface area contributed by atoms with Crippen molar-refractivity contribution >= 4 is 0 Å². The van der Waals surface area contributed by atoms with Crippen LogP contribution in [0.15, 0.2) is 0 Å².